The number of halogens is 1. The van der Waals surface area contributed by atoms with E-state index < -0.39 is 11.4 Å². The second-order valence-electron chi connectivity index (χ2n) is 7.41. The molecule has 9 heteroatoms. The summed E-state index contributed by atoms with van der Waals surface area (Å²) in [5, 5.41) is 10.2. The van der Waals surface area contributed by atoms with Crippen LogP contribution in [0.5, 0.6) is 5.75 Å². The molecule has 3 aromatic carbocycles. The van der Waals surface area contributed by atoms with Crippen molar-refractivity contribution in [2.45, 2.75) is 6.54 Å². The third-order valence-electron chi connectivity index (χ3n) is 5.33. The minimum Gasteiger partial charge on any atom is -0.497 e. The number of fused-ring (bicyclic) bond motifs is 3. The normalized spacial score (nSPS) is 11.1. The Bertz CT molecular complexity index is 1560. The van der Waals surface area contributed by atoms with Gasteiger partial charge in [-0.05, 0) is 48.0 Å². The zero-order chi connectivity index (χ0) is 22.9. The zero-order valence-electron chi connectivity index (χ0n) is 17.5. The SMILES string of the molecule is COc1ccc(CNC(=O)c2ccc3c(=O)nc4c(-c5cccc(F)c5)n[nH]n4c3c2)cc1. The molecule has 0 aliphatic rings. The van der Waals surface area contributed by atoms with Crippen LogP contribution in [0.4, 0.5) is 4.39 Å². The van der Waals surface area contributed by atoms with E-state index in [0.29, 0.717) is 34.3 Å². The Labute approximate surface area is 186 Å². The maximum absolute atomic E-state index is 13.7. The van der Waals surface area contributed by atoms with Gasteiger partial charge in [0.15, 0.2) is 5.65 Å². The Morgan fingerprint density at radius 2 is 1.94 bits per heavy atom. The van der Waals surface area contributed by atoms with Crippen LogP contribution in [0.1, 0.15) is 15.9 Å². The van der Waals surface area contributed by atoms with Crippen LogP contribution in [0, 0.1) is 5.82 Å². The fraction of sp³-hybridized carbons (Fsp3) is 0.0833. The van der Waals surface area contributed by atoms with Gasteiger partial charge in [-0.2, -0.15) is 10.1 Å². The Balaban J connectivity index is 1.50. The van der Waals surface area contributed by atoms with Gasteiger partial charge in [-0.15, -0.1) is 0 Å². The molecule has 33 heavy (non-hydrogen) atoms. The summed E-state index contributed by atoms with van der Waals surface area (Å²) in [4.78, 5) is 29.5. The number of amides is 1. The Morgan fingerprint density at radius 3 is 2.70 bits per heavy atom. The van der Waals surface area contributed by atoms with Gasteiger partial charge in [0.25, 0.3) is 11.5 Å². The molecule has 0 unspecified atom stereocenters. The lowest BCUT2D eigenvalue weighted by Crippen LogP contribution is -2.23. The second-order valence-corrected chi connectivity index (χ2v) is 7.41. The fourth-order valence-electron chi connectivity index (χ4n) is 3.63. The van der Waals surface area contributed by atoms with Crippen LogP contribution in [0.15, 0.2) is 71.5 Å². The average Bonchev–Trinajstić information content (AvgIpc) is 3.26. The number of H-pyrrole nitrogens is 1. The van der Waals surface area contributed by atoms with Crippen molar-refractivity contribution in [3.05, 3.63) is 94.0 Å². The van der Waals surface area contributed by atoms with E-state index in [2.05, 4.69) is 20.6 Å². The van der Waals surface area contributed by atoms with E-state index >= 15 is 0 Å². The summed E-state index contributed by atoms with van der Waals surface area (Å²) in [5.74, 6) is 0.0167. The Hall–Kier alpha value is -4.53. The quantitative estimate of drug-likeness (QED) is 0.434. The number of nitrogens with zero attached hydrogens (tertiary/aromatic N) is 3. The molecule has 1 amide bonds. The topological polar surface area (TPSA) is 101 Å². The summed E-state index contributed by atoms with van der Waals surface area (Å²) in [6.45, 7) is 0.334. The van der Waals surface area contributed by atoms with Gasteiger partial charge < -0.3 is 10.1 Å². The predicted molar refractivity (Wildman–Crippen MR) is 121 cm³/mol. The molecule has 2 heterocycles. The van der Waals surface area contributed by atoms with Gasteiger partial charge in [-0.1, -0.05) is 24.3 Å². The highest BCUT2D eigenvalue weighted by Crippen LogP contribution is 2.23. The summed E-state index contributed by atoms with van der Waals surface area (Å²) in [6.07, 6.45) is 0. The van der Waals surface area contributed by atoms with Crippen LogP contribution in [0.25, 0.3) is 27.8 Å². The van der Waals surface area contributed by atoms with Gasteiger partial charge in [0, 0.05) is 17.7 Å². The molecule has 5 rings (SSSR count). The van der Waals surface area contributed by atoms with Crippen LogP contribution in [0.2, 0.25) is 0 Å². The largest absolute Gasteiger partial charge is 0.497 e. The summed E-state index contributed by atoms with van der Waals surface area (Å²) in [5.41, 5.74) is 2.33. The second kappa shape index (κ2) is 8.19. The minimum atomic E-state index is -0.464. The number of rotatable bonds is 5. The molecule has 8 nitrogen and oxygen atoms in total. The zero-order valence-corrected chi connectivity index (χ0v) is 17.5. The van der Waals surface area contributed by atoms with Crippen molar-refractivity contribution in [2.24, 2.45) is 0 Å². The number of hydrogen-bond donors (Lipinski definition) is 2. The standard InChI is InChI=1S/C24H18FN5O3/c1-33-18-8-5-14(6-9-18)13-26-23(31)16-7-10-19-20(12-16)30-22(27-24(19)32)21(28-29-30)15-3-2-4-17(25)11-15/h2-12,29H,13H2,1H3,(H,26,31). The van der Waals surface area contributed by atoms with E-state index in [4.69, 9.17) is 4.74 Å². The number of aromatic amines is 1. The molecule has 0 aliphatic heterocycles. The minimum absolute atomic E-state index is 0.244. The molecule has 0 atom stereocenters. The van der Waals surface area contributed by atoms with Crippen LogP contribution in [0.3, 0.4) is 0 Å². The van der Waals surface area contributed by atoms with Crippen molar-refractivity contribution in [3.63, 3.8) is 0 Å². The molecule has 2 N–H and O–H groups in total. The van der Waals surface area contributed by atoms with Crippen molar-refractivity contribution < 1.29 is 13.9 Å². The van der Waals surface area contributed by atoms with Crippen LogP contribution in [-0.4, -0.2) is 32.8 Å². The molecule has 164 valence electrons. The summed E-state index contributed by atoms with van der Waals surface area (Å²) < 4.78 is 20.3. The number of methoxy groups -OCH3 is 1. The van der Waals surface area contributed by atoms with Crippen molar-refractivity contribution in [3.8, 4) is 17.0 Å². The molecular formula is C24H18FN5O3. The summed E-state index contributed by atoms with van der Waals surface area (Å²) in [7, 11) is 1.59. The lowest BCUT2D eigenvalue weighted by molar-refractivity contribution is 0.0951. The van der Waals surface area contributed by atoms with Crippen LogP contribution < -0.4 is 15.6 Å². The molecule has 5 aromatic rings. The maximum atomic E-state index is 13.7. The first-order valence-corrected chi connectivity index (χ1v) is 10.1. The number of carbonyl (C=O) groups is 1. The molecule has 0 fully saturated rings. The van der Waals surface area contributed by atoms with E-state index in [0.717, 1.165) is 11.3 Å². The predicted octanol–water partition coefficient (Wildman–Crippen LogP) is 3.32. The number of carbonyl (C=O) groups excluding carboxylic acids is 1. The third kappa shape index (κ3) is 3.80. The van der Waals surface area contributed by atoms with Crippen molar-refractivity contribution >= 4 is 22.5 Å². The number of aromatic nitrogens is 4. The van der Waals surface area contributed by atoms with Gasteiger partial charge in [0.1, 0.15) is 17.3 Å². The molecule has 0 saturated heterocycles. The number of nitrogens with one attached hydrogen (secondary N) is 2. The van der Waals surface area contributed by atoms with E-state index in [1.165, 1.54) is 16.6 Å². The van der Waals surface area contributed by atoms with Crippen LogP contribution >= 0.6 is 0 Å². The van der Waals surface area contributed by atoms with Gasteiger partial charge in [-0.3, -0.25) is 9.59 Å². The highest BCUT2D eigenvalue weighted by Gasteiger charge is 2.16. The molecule has 0 radical (unpaired) electrons. The van der Waals surface area contributed by atoms with Gasteiger partial charge in [-0.25, -0.2) is 14.1 Å². The third-order valence-corrected chi connectivity index (χ3v) is 5.33. The summed E-state index contributed by atoms with van der Waals surface area (Å²) in [6, 6.07) is 18.0. The summed E-state index contributed by atoms with van der Waals surface area (Å²) >= 11 is 0. The maximum Gasteiger partial charge on any atom is 0.281 e. The van der Waals surface area contributed by atoms with E-state index in [9.17, 15) is 14.0 Å². The van der Waals surface area contributed by atoms with Crippen LogP contribution in [-0.2, 0) is 6.54 Å². The molecular weight excluding hydrogens is 425 g/mol. The smallest absolute Gasteiger partial charge is 0.281 e. The number of benzene rings is 3. The molecule has 2 aromatic heterocycles. The molecule has 0 bridgehead atoms. The Kier molecular flexibility index (Phi) is 5.06. The first kappa shape index (κ1) is 20.4. The van der Waals surface area contributed by atoms with Crippen molar-refractivity contribution in [2.75, 3.05) is 7.11 Å². The molecule has 0 spiro atoms. The highest BCUT2D eigenvalue weighted by molar-refractivity contribution is 5.98. The van der Waals surface area contributed by atoms with Crippen molar-refractivity contribution in [1.82, 2.24) is 25.1 Å². The highest BCUT2D eigenvalue weighted by atomic mass is 19.1. The average molecular weight is 443 g/mol. The van der Waals surface area contributed by atoms with Gasteiger partial charge in [0.2, 0.25) is 0 Å². The lowest BCUT2D eigenvalue weighted by Gasteiger charge is -2.08. The first-order chi connectivity index (χ1) is 16.0. The number of ether oxygens (including phenoxy) is 1. The van der Waals surface area contributed by atoms with E-state index in [-0.39, 0.29) is 11.6 Å². The van der Waals surface area contributed by atoms with Gasteiger partial charge in [0.05, 0.1) is 18.0 Å². The van der Waals surface area contributed by atoms with Gasteiger partial charge >= 0.3 is 0 Å². The molecule has 0 saturated carbocycles. The molecule has 0 aliphatic carbocycles. The number of hydrogen-bond acceptors (Lipinski definition) is 5. The van der Waals surface area contributed by atoms with E-state index in [1.807, 2.05) is 24.3 Å². The first-order valence-electron chi connectivity index (χ1n) is 10.1. The Morgan fingerprint density at radius 1 is 1.12 bits per heavy atom. The fourth-order valence-corrected chi connectivity index (χ4v) is 3.63. The lowest BCUT2D eigenvalue weighted by atomic mass is 10.1. The monoisotopic (exact) mass is 443 g/mol. The van der Waals surface area contributed by atoms with Crippen molar-refractivity contribution in [1.29, 1.82) is 0 Å². The van der Waals surface area contributed by atoms with E-state index in [1.54, 1.807) is 37.4 Å².